The summed E-state index contributed by atoms with van der Waals surface area (Å²) < 4.78 is 23.2. The molecule has 0 aromatic carbocycles. The maximum absolute atomic E-state index is 11.9. The third kappa shape index (κ3) is 2.57. The van der Waals surface area contributed by atoms with E-state index in [1.165, 1.54) is 11.1 Å². The van der Waals surface area contributed by atoms with Crippen LogP contribution in [0.15, 0.2) is 18.5 Å². The van der Waals surface area contributed by atoms with Crippen LogP contribution in [0, 0.1) is 6.92 Å². The molecule has 1 aliphatic heterocycles. The average molecular weight is 268 g/mol. The molecule has 100 valence electrons. The fourth-order valence-electron chi connectivity index (χ4n) is 2.28. The zero-order chi connectivity index (χ0) is 13.4. The van der Waals surface area contributed by atoms with Gasteiger partial charge in [-0.05, 0) is 38.0 Å². The summed E-state index contributed by atoms with van der Waals surface area (Å²) in [5.41, 5.74) is 2.38. The van der Waals surface area contributed by atoms with E-state index in [-0.39, 0.29) is 5.75 Å². The molecule has 4 nitrogen and oxygen atoms in total. The van der Waals surface area contributed by atoms with Gasteiger partial charge in [0.15, 0.2) is 9.84 Å². The first-order valence-corrected chi connectivity index (χ1v) is 7.81. The number of rotatable bonds is 2. The molecular formula is C13H20N2O2S. The largest absolute Gasteiger partial charge is 0.296 e. The molecule has 0 unspecified atom stereocenters. The van der Waals surface area contributed by atoms with E-state index in [1.54, 1.807) is 6.20 Å². The van der Waals surface area contributed by atoms with Crippen molar-refractivity contribution in [3.05, 3.63) is 29.6 Å². The molecule has 0 bridgehead atoms. The summed E-state index contributed by atoms with van der Waals surface area (Å²) in [6.07, 6.45) is 3.65. The number of sulfone groups is 1. The van der Waals surface area contributed by atoms with Crippen LogP contribution in [-0.4, -0.2) is 41.9 Å². The van der Waals surface area contributed by atoms with E-state index in [0.717, 1.165) is 6.54 Å². The molecule has 2 rings (SSSR count). The van der Waals surface area contributed by atoms with Gasteiger partial charge < -0.3 is 0 Å². The lowest BCUT2D eigenvalue weighted by atomic mass is 10.1. The zero-order valence-corrected chi connectivity index (χ0v) is 12.0. The van der Waals surface area contributed by atoms with Gasteiger partial charge in [-0.15, -0.1) is 0 Å². The Hall–Kier alpha value is -0.940. The van der Waals surface area contributed by atoms with Crippen LogP contribution in [0.25, 0.3) is 0 Å². The lowest BCUT2D eigenvalue weighted by Gasteiger charge is -2.37. The number of pyridine rings is 1. The Labute approximate surface area is 109 Å². The molecule has 1 aliphatic rings. The third-order valence-electron chi connectivity index (χ3n) is 3.66. The second kappa shape index (κ2) is 4.63. The van der Waals surface area contributed by atoms with Gasteiger partial charge in [-0.2, -0.15) is 0 Å². The quantitative estimate of drug-likeness (QED) is 0.813. The minimum atomic E-state index is -2.95. The van der Waals surface area contributed by atoms with Crippen molar-refractivity contribution >= 4 is 9.84 Å². The van der Waals surface area contributed by atoms with Crippen LogP contribution in [0.1, 0.15) is 25.0 Å². The van der Waals surface area contributed by atoms with Gasteiger partial charge in [0, 0.05) is 32.0 Å². The lowest BCUT2D eigenvalue weighted by Crippen LogP contribution is -2.52. The van der Waals surface area contributed by atoms with Crippen molar-refractivity contribution in [2.75, 3.05) is 18.8 Å². The predicted molar refractivity (Wildman–Crippen MR) is 72.1 cm³/mol. The summed E-state index contributed by atoms with van der Waals surface area (Å²) in [5, 5.41) is 0. The number of hydrogen-bond donors (Lipinski definition) is 0. The van der Waals surface area contributed by atoms with E-state index < -0.39 is 14.6 Å². The highest BCUT2D eigenvalue weighted by molar-refractivity contribution is 7.92. The van der Waals surface area contributed by atoms with Crippen LogP contribution in [0.5, 0.6) is 0 Å². The molecule has 0 radical (unpaired) electrons. The molecule has 0 amide bonds. The summed E-state index contributed by atoms with van der Waals surface area (Å²) >= 11 is 0. The molecule has 2 heterocycles. The molecule has 18 heavy (non-hydrogen) atoms. The molecule has 0 aliphatic carbocycles. The monoisotopic (exact) mass is 268 g/mol. The summed E-state index contributed by atoms with van der Waals surface area (Å²) in [6.45, 7) is 7.65. The number of nitrogens with zero attached hydrogens (tertiary/aromatic N) is 2. The maximum atomic E-state index is 11.9. The fraction of sp³-hybridized carbons (Fsp3) is 0.615. The lowest BCUT2D eigenvalue weighted by molar-refractivity contribution is 0.241. The molecule has 1 aromatic rings. The number of hydrogen-bond acceptors (Lipinski definition) is 4. The van der Waals surface area contributed by atoms with Crippen molar-refractivity contribution < 1.29 is 8.42 Å². The van der Waals surface area contributed by atoms with Crippen LogP contribution in [0.2, 0.25) is 0 Å². The molecular weight excluding hydrogens is 248 g/mol. The van der Waals surface area contributed by atoms with E-state index in [9.17, 15) is 8.42 Å². The normalized spacial score (nSPS) is 22.8. The zero-order valence-electron chi connectivity index (χ0n) is 11.2. The molecule has 0 atom stereocenters. The van der Waals surface area contributed by atoms with E-state index in [1.807, 2.05) is 26.1 Å². The molecule has 0 saturated carbocycles. The summed E-state index contributed by atoms with van der Waals surface area (Å²) in [6, 6.07) is 1.99. The third-order valence-corrected chi connectivity index (χ3v) is 6.20. The van der Waals surface area contributed by atoms with Crippen molar-refractivity contribution in [2.45, 2.75) is 32.1 Å². The van der Waals surface area contributed by atoms with Crippen LogP contribution >= 0.6 is 0 Å². The van der Waals surface area contributed by atoms with Gasteiger partial charge in [0.25, 0.3) is 0 Å². The van der Waals surface area contributed by atoms with Crippen LogP contribution in [0.3, 0.4) is 0 Å². The minimum absolute atomic E-state index is 0.249. The summed E-state index contributed by atoms with van der Waals surface area (Å²) in [7, 11) is -2.95. The molecule has 1 saturated heterocycles. The topological polar surface area (TPSA) is 50.3 Å². The molecule has 5 heteroatoms. The Morgan fingerprint density at radius 3 is 2.78 bits per heavy atom. The van der Waals surface area contributed by atoms with Crippen molar-refractivity contribution in [1.29, 1.82) is 0 Å². The molecule has 0 N–H and O–H groups in total. The van der Waals surface area contributed by atoms with Gasteiger partial charge in [0.1, 0.15) is 0 Å². The van der Waals surface area contributed by atoms with Gasteiger partial charge in [0.05, 0.1) is 10.5 Å². The molecule has 1 fully saturated rings. The molecule has 1 aromatic heterocycles. The van der Waals surface area contributed by atoms with Gasteiger partial charge in [-0.3, -0.25) is 9.88 Å². The number of aromatic nitrogens is 1. The first-order chi connectivity index (χ1) is 8.32. The smallest absolute Gasteiger partial charge is 0.157 e. The fourth-order valence-corrected chi connectivity index (χ4v) is 3.71. The van der Waals surface area contributed by atoms with E-state index in [4.69, 9.17) is 0 Å². The van der Waals surface area contributed by atoms with Gasteiger partial charge >= 0.3 is 0 Å². The standard InChI is InChI=1S/C13H20N2O2S/c1-11-4-5-14-8-12(11)9-15-6-7-18(16,17)13(2,3)10-15/h4-5,8H,6-7,9-10H2,1-3H3. The highest BCUT2D eigenvalue weighted by Crippen LogP contribution is 2.25. The van der Waals surface area contributed by atoms with Crippen molar-refractivity contribution in [3.63, 3.8) is 0 Å². The number of aryl methyl sites for hydroxylation is 1. The first-order valence-electron chi connectivity index (χ1n) is 6.16. The van der Waals surface area contributed by atoms with Crippen molar-refractivity contribution in [2.24, 2.45) is 0 Å². The molecule has 0 spiro atoms. The van der Waals surface area contributed by atoms with Crippen molar-refractivity contribution in [3.8, 4) is 0 Å². The van der Waals surface area contributed by atoms with E-state index >= 15 is 0 Å². The average Bonchev–Trinajstić information content (AvgIpc) is 2.27. The van der Waals surface area contributed by atoms with Crippen LogP contribution < -0.4 is 0 Å². The summed E-state index contributed by atoms with van der Waals surface area (Å²) in [5.74, 6) is 0.249. The second-order valence-corrected chi connectivity index (χ2v) is 8.33. The van der Waals surface area contributed by atoms with Gasteiger partial charge in [-0.25, -0.2) is 8.42 Å². The Balaban J connectivity index is 2.12. The Bertz CT molecular complexity index is 538. The van der Waals surface area contributed by atoms with Crippen LogP contribution in [-0.2, 0) is 16.4 Å². The highest BCUT2D eigenvalue weighted by atomic mass is 32.2. The summed E-state index contributed by atoms with van der Waals surface area (Å²) in [4.78, 5) is 6.33. The van der Waals surface area contributed by atoms with Gasteiger partial charge in [-0.1, -0.05) is 0 Å². The Kier molecular flexibility index (Phi) is 3.47. The van der Waals surface area contributed by atoms with Gasteiger partial charge in [0.2, 0.25) is 0 Å². The SMILES string of the molecule is Cc1ccncc1CN1CCS(=O)(=O)C(C)(C)C1. The van der Waals surface area contributed by atoms with Crippen LogP contribution in [0.4, 0.5) is 0 Å². The Morgan fingerprint density at radius 1 is 1.44 bits per heavy atom. The maximum Gasteiger partial charge on any atom is 0.157 e. The second-order valence-electron chi connectivity index (χ2n) is 5.59. The predicted octanol–water partition coefficient (Wildman–Crippen LogP) is 1.40. The first kappa shape index (κ1) is 13.5. The Morgan fingerprint density at radius 2 is 2.17 bits per heavy atom. The highest BCUT2D eigenvalue weighted by Gasteiger charge is 2.39. The van der Waals surface area contributed by atoms with Crippen molar-refractivity contribution in [1.82, 2.24) is 9.88 Å². The van der Waals surface area contributed by atoms with E-state index in [2.05, 4.69) is 16.8 Å². The minimum Gasteiger partial charge on any atom is -0.296 e. The van der Waals surface area contributed by atoms with E-state index in [0.29, 0.717) is 13.1 Å².